The van der Waals surface area contributed by atoms with Gasteiger partial charge in [-0.3, -0.25) is 4.98 Å². The van der Waals surface area contributed by atoms with Gasteiger partial charge in [-0.15, -0.1) is 0 Å². The van der Waals surface area contributed by atoms with Crippen molar-refractivity contribution >= 4 is 0 Å². The summed E-state index contributed by atoms with van der Waals surface area (Å²) in [5.41, 5.74) is 3.72. The number of aromatic nitrogens is 1. The molecule has 2 heteroatoms. The Morgan fingerprint density at radius 3 is 2.69 bits per heavy atom. The maximum atomic E-state index is 4.43. The minimum absolute atomic E-state index is 0.670. The Labute approximate surface area is 98.5 Å². The molecule has 2 nitrogen and oxygen atoms in total. The van der Waals surface area contributed by atoms with Crippen LogP contribution < -0.4 is 5.32 Å². The van der Waals surface area contributed by atoms with Crippen molar-refractivity contribution < 1.29 is 0 Å². The molecule has 88 valence electrons. The van der Waals surface area contributed by atoms with Crippen molar-refractivity contribution in [1.82, 2.24) is 10.3 Å². The van der Waals surface area contributed by atoms with Gasteiger partial charge < -0.3 is 5.32 Å². The predicted molar refractivity (Wildman–Crippen MR) is 67.7 cm³/mol. The molecular formula is C14H22N2. The molecule has 1 aromatic heterocycles. The summed E-state index contributed by atoms with van der Waals surface area (Å²) < 4.78 is 0. The highest BCUT2D eigenvalue weighted by Gasteiger charge is 2.12. The third-order valence-corrected chi connectivity index (χ3v) is 3.29. The minimum atomic E-state index is 0.670. The van der Waals surface area contributed by atoms with E-state index in [1.54, 1.807) is 0 Å². The van der Waals surface area contributed by atoms with Gasteiger partial charge in [0.15, 0.2) is 0 Å². The smallest absolute Gasteiger partial charge is 0.0378 e. The summed E-state index contributed by atoms with van der Waals surface area (Å²) in [5.74, 6) is 0. The molecular weight excluding hydrogens is 196 g/mol. The quantitative estimate of drug-likeness (QED) is 0.825. The van der Waals surface area contributed by atoms with E-state index < -0.39 is 0 Å². The lowest BCUT2D eigenvalue weighted by atomic mass is 10.0. The maximum Gasteiger partial charge on any atom is 0.0378 e. The van der Waals surface area contributed by atoms with Gasteiger partial charge in [0.25, 0.3) is 0 Å². The molecule has 0 aromatic carbocycles. The molecule has 0 saturated carbocycles. The molecule has 0 unspecified atom stereocenters. The zero-order valence-electron chi connectivity index (χ0n) is 10.4. The van der Waals surface area contributed by atoms with Gasteiger partial charge in [0.2, 0.25) is 0 Å². The van der Waals surface area contributed by atoms with Crippen molar-refractivity contribution in [2.24, 2.45) is 0 Å². The third-order valence-electron chi connectivity index (χ3n) is 3.29. The molecule has 1 N–H and O–H groups in total. The van der Waals surface area contributed by atoms with Crippen LogP contribution in [0.4, 0.5) is 0 Å². The number of rotatable bonds is 2. The van der Waals surface area contributed by atoms with Crippen molar-refractivity contribution in [2.45, 2.75) is 52.0 Å². The Balaban J connectivity index is 2.01. The van der Waals surface area contributed by atoms with Crippen LogP contribution in [0.5, 0.6) is 0 Å². The van der Waals surface area contributed by atoms with Crippen LogP contribution in [0.3, 0.4) is 0 Å². The maximum absolute atomic E-state index is 4.43. The normalized spacial score (nSPS) is 21.8. The molecule has 2 heterocycles. The number of aryl methyl sites for hydroxylation is 2. The molecule has 1 fully saturated rings. The Morgan fingerprint density at radius 2 is 1.94 bits per heavy atom. The summed E-state index contributed by atoms with van der Waals surface area (Å²) in [4.78, 5) is 4.43. The van der Waals surface area contributed by atoms with Crippen molar-refractivity contribution in [2.75, 3.05) is 6.54 Å². The summed E-state index contributed by atoms with van der Waals surface area (Å²) in [6, 6.07) is 5.11. The van der Waals surface area contributed by atoms with Crippen LogP contribution in [0.15, 0.2) is 12.1 Å². The summed E-state index contributed by atoms with van der Waals surface area (Å²) in [6.45, 7) is 5.35. The number of hydrogen-bond acceptors (Lipinski definition) is 2. The van der Waals surface area contributed by atoms with E-state index >= 15 is 0 Å². The fourth-order valence-electron chi connectivity index (χ4n) is 2.60. The fourth-order valence-corrected chi connectivity index (χ4v) is 2.60. The molecule has 1 aliphatic rings. The van der Waals surface area contributed by atoms with E-state index in [-0.39, 0.29) is 0 Å². The Kier molecular flexibility index (Phi) is 3.94. The second-order valence-corrected chi connectivity index (χ2v) is 4.96. The van der Waals surface area contributed by atoms with Crippen LogP contribution in [-0.2, 0) is 6.42 Å². The van der Waals surface area contributed by atoms with Gasteiger partial charge in [-0.2, -0.15) is 0 Å². The topological polar surface area (TPSA) is 24.9 Å². The average molecular weight is 218 g/mol. The molecule has 0 spiro atoms. The first-order valence-electron chi connectivity index (χ1n) is 6.41. The molecule has 1 aliphatic heterocycles. The van der Waals surface area contributed by atoms with E-state index in [1.807, 2.05) is 0 Å². The highest BCUT2D eigenvalue weighted by molar-refractivity contribution is 5.21. The van der Waals surface area contributed by atoms with Crippen molar-refractivity contribution in [3.8, 4) is 0 Å². The van der Waals surface area contributed by atoms with E-state index in [0.717, 1.165) is 17.8 Å². The first-order valence-corrected chi connectivity index (χ1v) is 6.41. The van der Waals surface area contributed by atoms with Crippen LogP contribution >= 0.6 is 0 Å². The summed E-state index contributed by atoms with van der Waals surface area (Å²) >= 11 is 0. The zero-order valence-corrected chi connectivity index (χ0v) is 10.4. The van der Waals surface area contributed by atoms with Gasteiger partial charge in [0.05, 0.1) is 0 Å². The Bertz CT molecular complexity index is 318. The van der Waals surface area contributed by atoms with Crippen LogP contribution in [0.1, 0.15) is 42.6 Å². The number of pyridine rings is 1. The molecule has 1 atom stereocenters. The van der Waals surface area contributed by atoms with Crippen LogP contribution in [0.25, 0.3) is 0 Å². The largest absolute Gasteiger partial charge is 0.314 e. The van der Waals surface area contributed by atoms with E-state index in [4.69, 9.17) is 0 Å². The SMILES string of the molecule is Cc1cc(C[C@H]2CCCCCN2)cc(C)n1. The zero-order chi connectivity index (χ0) is 11.4. The lowest BCUT2D eigenvalue weighted by Gasteiger charge is -2.16. The fraction of sp³-hybridized carbons (Fsp3) is 0.643. The molecule has 2 rings (SSSR count). The molecule has 0 aliphatic carbocycles. The number of hydrogen-bond donors (Lipinski definition) is 1. The van der Waals surface area contributed by atoms with Gasteiger partial charge >= 0.3 is 0 Å². The predicted octanol–water partition coefficient (Wildman–Crippen LogP) is 2.77. The van der Waals surface area contributed by atoms with Crippen molar-refractivity contribution in [3.63, 3.8) is 0 Å². The minimum Gasteiger partial charge on any atom is -0.314 e. The Morgan fingerprint density at radius 1 is 1.19 bits per heavy atom. The first-order chi connectivity index (χ1) is 7.74. The molecule has 0 bridgehead atoms. The molecule has 1 aromatic rings. The second-order valence-electron chi connectivity index (χ2n) is 4.96. The standard InChI is InChI=1S/C14H22N2/c1-11-8-13(9-12(2)16-11)10-14-6-4-3-5-7-15-14/h8-9,14-15H,3-7,10H2,1-2H3/t14-/m1/s1. The summed E-state index contributed by atoms with van der Waals surface area (Å²) in [5, 5.41) is 3.65. The second kappa shape index (κ2) is 5.44. The lowest BCUT2D eigenvalue weighted by Crippen LogP contribution is -2.30. The number of nitrogens with zero attached hydrogens (tertiary/aromatic N) is 1. The van der Waals surface area contributed by atoms with Gasteiger partial charge in [0.1, 0.15) is 0 Å². The van der Waals surface area contributed by atoms with Crippen molar-refractivity contribution in [3.05, 3.63) is 29.1 Å². The van der Waals surface area contributed by atoms with Gasteiger partial charge in [-0.1, -0.05) is 12.8 Å². The summed E-state index contributed by atoms with van der Waals surface area (Å²) in [6.07, 6.45) is 6.58. The number of nitrogens with one attached hydrogen (secondary N) is 1. The molecule has 16 heavy (non-hydrogen) atoms. The van der Waals surface area contributed by atoms with Gasteiger partial charge in [-0.25, -0.2) is 0 Å². The highest BCUT2D eigenvalue weighted by atomic mass is 14.9. The van der Waals surface area contributed by atoms with E-state index in [9.17, 15) is 0 Å². The average Bonchev–Trinajstić information content (AvgIpc) is 2.44. The van der Waals surface area contributed by atoms with E-state index in [1.165, 1.54) is 37.8 Å². The third kappa shape index (κ3) is 3.31. The van der Waals surface area contributed by atoms with E-state index in [0.29, 0.717) is 6.04 Å². The molecule has 0 radical (unpaired) electrons. The van der Waals surface area contributed by atoms with Crippen LogP contribution in [0, 0.1) is 13.8 Å². The van der Waals surface area contributed by atoms with Gasteiger partial charge in [0, 0.05) is 17.4 Å². The lowest BCUT2D eigenvalue weighted by molar-refractivity contribution is 0.507. The summed E-state index contributed by atoms with van der Waals surface area (Å²) in [7, 11) is 0. The van der Waals surface area contributed by atoms with E-state index in [2.05, 4.69) is 36.3 Å². The first kappa shape index (κ1) is 11.6. The Hall–Kier alpha value is -0.890. The molecule has 1 saturated heterocycles. The highest BCUT2D eigenvalue weighted by Crippen LogP contribution is 2.14. The van der Waals surface area contributed by atoms with Crippen LogP contribution in [0.2, 0.25) is 0 Å². The monoisotopic (exact) mass is 218 g/mol. The van der Waals surface area contributed by atoms with Crippen molar-refractivity contribution in [1.29, 1.82) is 0 Å². The van der Waals surface area contributed by atoms with Crippen LogP contribution in [-0.4, -0.2) is 17.6 Å². The van der Waals surface area contributed by atoms with Gasteiger partial charge in [-0.05, 0) is 57.4 Å². The molecule has 0 amide bonds.